The van der Waals surface area contributed by atoms with Gasteiger partial charge in [-0.15, -0.1) is 12.4 Å². The van der Waals surface area contributed by atoms with Crippen LogP contribution in [0.25, 0.3) is 0 Å². The molecule has 22 heavy (non-hydrogen) atoms. The molecule has 0 saturated carbocycles. The summed E-state index contributed by atoms with van der Waals surface area (Å²) in [5, 5.41) is 0. The summed E-state index contributed by atoms with van der Waals surface area (Å²) in [4.78, 5) is 11.5. The van der Waals surface area contributed by atoms with Crippen LogP contribution in [0.4, 0.5) is 11.5 Å². The van der Waals surface area contributed by atoms with E-state index in [1.807, 2.05) is 19.1 Å². The molecule has 1 aromatic heterocycles. The van der Waals surface area contributed by atoms with Gasteiger partial charge in [-0.05, 0) is 49.9 Å². The number of aromatic nitrogens is 2. The summed E-state index contributed by atoms with van der Waals surface area (Å²) in [6, 6.07) is 8.07. The number of nitrogens with zero attached hydrogens (tertiary/aromatic N) is 3. The van der Waals surface area contributed by atoms with E-state index in [0.29, 0.717) is 5.92 Å². The number of hydrogen-bond donors (Lipinski definition) is 0. The number of anilines is 2. The van der Waals surface area contributed by atoms with Crippen molar-refractivity contribution < 1.29 is 4.74 Å². The smallest absolute Gasteiger partial charge is 0.140 e. The second kappa shape index (κ2) is 6.53. The lowest BCUT2D eigenvalue weighted by Gasteiger charge is -2.23. The van der Waals surface area contributed by atoms with Crippen molar-refractivity contribution in [2.24, 2.45) is 0 Å². The third kappa shape index (κ3) is 2.88. The summed E-state index contributed by atoms with van der Waals surface area (Å²) in [6.07, 6.45) is 2.22. The highest BCUT2D eigenvalue weighted by Gasteiger charge is 2.26. The normalized spacial score (nSPS) is 15.9. The number of methoxy groups -OCH3 is 1. The predicted molar refractivity (Wildman–Crippen MR) is 91.8 cm³/mol. The van der Waals surface area contributed by atoms with Crippen LogP contribution in [-0.2, 0) is 6.42 Å². The van der Waals surface area contributed by atoms with Crippen LogP contribution in [0.3, 0.4) is 0 Å². The quantitative estimate of drug-likeness (QED) is 0.856. The van der Waals surface area contributed by atoms with Crippen molar-refractivity contribution in [1.82, 2.24) is 9.97 Å². The van der Waals surface area contributed by atoms with Gasteiger partial charge in [0.15, 0.2) is 0 Å². The fourth-order valence-electron chi connectivity index (χ4n) is 3.00. The molecule has 1 unspecified atom stereocenters. The topological polar surface area (TPSA) is 38.2 Å². The standard InChI is InChI=1S/C17H21N3O.ClH/c1-11-5-10-15-16(11)17(19-12(2)18-15)20(3)13-6-8-14(21-4)9-7-13;/h6-9,11H,5,10H2,1-4H3;1H. The maximum atomic E-state index is 5.22. The molecule has 0 fully saturated rings. The molecule has 1 heterocycles. The molecule has 1 atom stereocenters. The Bertz CT molecular complexity index is 658. The highest BCUT2D eigenvalue weighted by atomic mass is 35.5. The number of ether oxygens (including phenoxy) is 1. The van der Waals surface area contributed by atoms with E-state index in [9.17, 15) is 0 Å². The predicted octanol–water partition coefficient (Wildman–Crippen LogP) is 4.03. The molecule has 1 aliphatic carbocycles. The van der Waals surface area contributed by atoms with E-state index >= 15 is 0 Å². The van der Waals surface area contributed by atoms with Crippen LogP contribution in [0.1, 0.15) is 36.3 Å². The molecule has 3 rings (SSSR count). The highest BCUT2D eigenvalue weighted by molar-refractivity contribution is 5.85. The summed E-state index contributed by atoms with van der Waals surface area (Å²) < 4.78 is 5.22. The lowest BCUT2D eigenvalue weighted by molar-refractivity contribution is 0.415. The number of benzene rings is 1. The van der Waals surface area contributed by atoms with E-state index < -0.39 is 0 Å². The summed E-state index contributed by atoms with van der Waals surface area (Å²) in [6.45, 7) is 4.23. The molecular formula is C17H22ClN3O. The minimum atomic E-state index is 0. The molecule has 1 aromatic carbocycles. The van der Waals surface area contributed by atoms with Gasteiger partial charge in [-0.3, -0.25) is 0 Å². The average molecular weight is 320 g/mol. The fourth-order valence-corrected chi connectivity index (χ4v) is 3.00. The van der Waals surface area contributed by atoms with Crippen LogP contribution in [0.2, 0.25) is 0 Å². The van der Waals surface area contributed by atoms with Crippen LogP contribution in [0.15, 0.2) is 24.3 Å². The first-order valence-corrected chi connectivity index (χ1v) is 7.35. The van der Waals surface area contributed by atoms with E-state index in [0.717, 1.165) is 35.9 Å². The molecular weight excluding hydrogens is 298 g/mol. The minimum Gasteiger partial charge on any atom is -0.497 e. The Morgan fingerprint density at radius 1 is 1.18 bits per heavy atom. The molecule has 5 heteroatoms. The van der Waals surface area contributed by atoms with Gasteiger partial charge in [0.2, 0.25) is 0 Å². The van der Waals surface area contributed by atoms with Crippen molar-refractivity contribution in [3.8, 4) is 5.75 Å². The van der Waals surface area contributed by atoms with E-state index in [1.165, 1.54) is 11.3 Å². The molecule has 0 spiro atoms. The third-order valence-electron chi connectivity index (χ3n) is 4.20. The van der Waals surface area contributed by atoms with Crippen molar-refractivity contribution >= 4 is 23.9 Å². The zero-order valence-electron chi connectivity index (χ0n) is 13.5. The number of aryl methyl sites for hydroxylation is 2. The van der Waals surface area contributed by atoms with Crippen molar-refractivity contribution in [3.63, 3.8) is 0 Å². The van der Waals surface area contributed by atoms with E-state index in [2.05, 4.69) is 36.0 Å². The number of halogens is 1. The van der Waals surface area contributed by atoms with Gasteiger partial charge in [0, 0.05) is 24.0 Å². The molecule has 0 amide bonds. The van der Waals surface area contributed by atoms with Crippen molar-refractivity contribution in [2.75, 3.05) is 19.1 Å². The first-order chi connectivity index (χ1) is 10.1. The Hall–Kier alpha value is -1.81. The summed E-state index contributed by atoms with van der Waals surface area (Å²) in [5.41, 5.74) is 3.62. The van der Waals surface area contributed by atoms with E-state index in [-0.39, 0.29) is 12.4 Å². The summed E-state index contributed by atoms with van der Waals surface area (Å²) >= 11 is 0. The largest absolute Gasteiger partial charge is 0.497 e. The van der Waals surface area contributed by atoms with Crippen molar-refractivity contribution in [1.29, 1.82) is 0 Å². The van der Waals surface area contributed by atoms with Crippen LogP contribution in [-0.4, -0.2) is 24.1 Å². The van der Waals surface area contributed by atoms with Gasteiger partial charge in [0.05, 0.1) is 7.11 Å². The molecule has 0 aliphatic heterocycles. The Balaban J connectivity index is 0.00000176. The molecule has 0 N–H and O–H groups in total. The SMILES string of the molecule is COc1ccc(N(C)c2nc(C)nc3c2C(C)CC3)cc1.Cl. The molecule has 1 aliphatic rings. The molecule has 2 aromatic rings. The molecule has 0 radical (unpaired) electrons. The fraction of sp³-hybridized carbons (Fsp3) is 0.412. The van der Waals surface area contributed by atoms with E-state index in [4.69, 9.17) is 9.72 Å². The van der Waals surface area contributed by atoms with Gasteiger partial charge >= 0.3 is 0 Å². The Kier molecular flexibility index (Phi) is 4.91. The lowest BCUT2D eigenvalue weighted by atomic mass is 10.1. The van der Waals surface area contributed by atoms with Gasteiger partial charge < -0.3 is 9.64 Å². The molecule has 118 valence electrons. The first kappa shape index (κ1) is 16.6. The van der Waals surface area contributed by atoms with Crippen LogP contribution < -0.4 is 9.64 Å². The monoisotopic (exact) mass is 319 g/mol. The molecule has 4 nitrogen and oxygen atoms in total. The highest BCUT2D eigenvalue weighted by Crippen LogP contribution is 2.39. The average Bonchev–Trinajstić information content (AvgIpc) is 2.87. The van der Waals surface area contributed by atoms with Gasteiger partial charge in [0.25, 0.3) is 0 Å². The Morgan fingerprint density at radius 3 is 2.50 bits per heavy atom. The number of fused-ring (bicyclic) bond motifs is 1. The maximum absolute atomic E-state index is 5.22. The third-order valence-corrected chi connectivity index (χ3v) is 4.20. The van der Waals surface area contributed by atoms with Crippen LogP contribution >= 0.6 is 12.4 Å². The summed E-state index contributed by atoms with van der Waals surface area (Å²) in [5.74, 6) is 3.27. The Labute approximate surface area is 138 Å². The zero-order chi connectivity index (χ0) is 15.0. The molecule has 0 saturated heterocycles. The zero-order valence-corrected chi connectivity index (χ0v) is 14.3. The second-order valence-electron chi connectivity index (χ2n) is 5.65. The van der Waals surface area contributed by atoms with Crippen molar-refractivity contribution in [3.05, 3.63) is 41.3 Å². The van der Waals surface area contributed by atoms with Crippen LogP contribution in [0.5, 0.6) is 5.75 Å². The first-order valence-electron chi connectivity index (χ1n) is 7.35. The van der Waals surface area contributed by atoms with Crippen LogP contribution in [0, 0.1) is 6.92 Å². The minimum absolute atomic E-state index is 0. The Morgan fingerprint density at radius 2 is 1.86 bits per heavy atom. The van der Waals surface area contributed by atoms with E-state index in [1.54, 1.807) is 7.11 Å². The van der Waals surface area contributed by atoms with Gasteiger partial charge in [-0.2, -0.15) is 0 Å². The molecule has 0 bridgehead atoms. The maximum Gasteiger partial charge on any atom is 0.140 e. The lowest BCUT2D eigenvalue weighted by Crippen LogP contribution is -2.16. The number of hydrogen-bond acceptors (Lipinski definition) is 4. The summed E-state index contributed by atoms with van der Waals surface area (Å²) in [7, 11) is 3.75. The van der Waals surface area contributed by atoms with Crippen molar-refractivity contribution in [2.45, 2.75) is 32.6 Å². The van der Waals surface area contributed by atoms with Gasteiger partial charge in [-0.25, -0.2) is 9.97 Å². The number of rotatable bonds is 3. The second-order valence-corrected chi connectivity index (χ2v) is 5.65. The van der Waals surface area contributed by atoms with Gasteiger partial charge in [0.1, 0.15) is 17.4 Å². The van der Waals surface area contributed by atoms with Gasteiger partial charge in [-0.1, -0.05) is 6.92 Å².